The van der Waals surface area contributed by atoms with E-state index in [1.54, 1.807) is 23.0 Å². The van der Waals surface area contributed by atoms with Gasteiger partial charge in [0.15, 0.2) is 5.65 Å². The van der Waals surface area contributed by atoms with Gasteiger partial charge in [0.25, 0.3) is 5.24 Å². The maximum absolute atomic E-state index is 10.8. The highest BCUT2D eigenvalue weighted by molar-refractivity contribution is 6.67. The van der Waals surface area contributed by atoms with E-state index >= 15 is 0 Å². The Bertz CT molecular complexity index is 437. The van der Waals surface area contributed by atoms with Crippen LogP contribution in [0.2, 0.25) is 0 Å². The van der Waals surface area contributed by atoms with Crippen LogP contribution in [0.5, 0.6) is 0 Å². The van der Waals surface area contributed by atoms with E-state index < -0.39 is 5.24 Å². The van der Waals surface area contributed by atoms with Crippen molar-refractivity contribution in [2.24, 2.45) is 0 Å². The molecule has 2 aromatic heterocycles. The Hall–Kier alpha value is -1.42. The van der Waals surface area contributed by atoms with Crippen molar-refractivity contribution in [2.75, 3.05) is 0 Å². The number of aromatic nitrogens is 3. The van der Waals surface area contributed by atoms with Gasteiger partial charge in [-0.25, -0.2) is 4.98 Å². The normalized spacial score (nSPS) is 10.4. The molecule has 0 aromatic carbocycles. The number of carbonyl (C=O) groups is 1. The van der Waals surface area contributed by atoms with Crippen molar-refractivity contribution in [1.29, 1.82) is 0 Å². The molecule has 0 saturated carbocycles. The highest BCUT2D eigenvalue weighted by Gasteiger charge is 2.07. The summed E-state index contributed by atoms with van der Waals surface area (Å²) in [5.41, 5.74) is 0.968. The summed E-state index contributed by atoms with van der Waals surface area (Å²) in [6.45, 7) is 0. The molecule has 0 atom stereocenters. The first-order valence-electron chi connectivity index (χ1n) is 3.26. The molecule has 0 unspecified atom stereocenters. The summed E-state index contributed by atoms with van der Waals surface area (Å²) in [6.07, 6.45) is 6.19. The molecule has 4 nitrogen and oxygen atoms in total. The number of halogens is 1. The molecule has 0 N–H and O–H groups in total. The first kappa shape index (κ1) is 7.24. The fourth-order valence-corrected chi connectivity index (χ4v) is 1.13. The van der Waals surface area contributed by atoms with Gasteiger partial charge in [-0.2, -0.15) is 0 Å². The minimum Gasteiger partial charge on any atom is -0.293 e. The van der Waals surface area contributed by atoms with E-state index in [0.717, 1.165) is 0 Å². The van der Waals surface area contributed by atoms with Gasteiger partial charge in [-0.05, 0) is 11.6 Å². The van der Waals surface area contributed by atoms with Gasteiger partial charge in [0.05, 0.1) is 12.4 Å². The van der Waals surface area contributed by atoms with Crippen LogP contribution in [0, 0.1) is 0 Å². The number of rotatable bonds is 1. The second-order valence-electron chi connectivity index (χ2n) is 2.22. The molecule has 60 valence electrons. The summed E-state index contributed by atoms with van der Waals surface area (Å²) < 4.78 is 1.59. The van der Waals surface area contributed by atoms with Crippen LogP contribution in [0.4, 0.5) is 0 Å². The summed E-state index contributed by atoms with van der Waals surface area (Å²) in [6, 6.07) is 0. The van der Waals surface area contributed by atoms with Crippen LogP contribution in [0.1, 0.15) is 10.5 Å². The van der Waals surface area contributed by atoms with E-state index in [1.807, 2.05) is 0 Å². The lowest BCUT2D eigenvalue weighted by molar-refractivity contribution is 0.107. The second kappa shape index (κ2) is 2.57. The molecule has 2 rings (SSSR count). The summed E-state index contributed by atoms with van der Waals surface area (Å²) in [5, 5.41) is -0.520. The highest BCUT2D eigenvalue weighted by Crippen LogP contribution is 2.06. The number of imidazole rings is 1. The van der Waals surface area contributed by atoms with Gasteiger partial charge >= 0.3 is 0 Å². The molecule has 0 bridgehead atoms. The SMILES string of the molecule is O=C(Cl)c1cnc2cnccn12. The van der Waals surface area contributed by atoms with Crippen LogP contribution in [-0.2, 0) is 0 Å². The Morgan fingerprint density at radius 1 is 1.50 bits per heavy atom. The van der Waals surface area contributed by atoms with Gasteiger partial charge in [-0.15, -0.1) is 0 Å². The minimum atomic E-state index is -0.520. The molecule has 0 saturated heterocycles. The van der Waals surface area contributed by atoms with Crippen LogP contribution >= 0.6 is 11.6 Å². The van der Waals surface area contributed by atoms with Crippen molar-refractivity contribution < 1.29 is 4.79 Å². The molecule has 12 heavy (non-hydrogen) atoms. The lowest BCUT2D eigenvalue weighted by Gasteiger charge is -1.92. The zero-order valence-corrected chi connectivity index (χ0v) is 6.69. The van der Waals surface area contributed by atoms with E-state index in [1.165, 1.54) is 6.20 Å². The molecule has 2 heterocycles. The first-order chi connectivity index (χ1) is 5.79. The third-order valence-corrected chi connectivity index (χ3v) is 1.71. The first-order valence-corrected chi connectivity index (χ1v) is 3.64. The van der Waals surface area contributed by atoms with Gasteiger partial charge in [0.1, 0.15) is 5.69 Å². The number of fused-ring (bicyclic) bond motifs is 1. The predicted molar refractivity (Wildman–Crippen MR) is 43.2 cm³/mol. The average molecular weight is 182 g/mol. The van der Waals surface area contributed by atoms with Crippen LogP contribution in [0.15, 0.2) is 24.8 Å². The quantitative estimate of drug-likeness (QED) is 0.620. The average Bonchev–Trinajstić information content (AvgIpc) is 2.47. The van der Waals surface area contributed by atoms with Crippen molar-refractivity contribution >= 4 is 22.5 Å². The largest absolute Gasteiger partial charge is 0.293 e. The Balaban J connectivity index is 2.79. The highest BCUT2D eigenvalue weighted by atomic mass is 35.5. The topological polar surface area (TPSA) is 47.3 Å². The molecule has 0 aliphatic carbocycles. The van der Waals surface area contributed by atoms with Crippen LogP contribution in [-0.4, -0.2) is 19.6 Å². The molecular formula is C7H4ClN3O. The lowest BCUT2D eigenvalue weighted by atomic mass is 10.5. The Labute approximate surface area is 72.8 Å². The second-order valence-corrected chi connectivity index (χ2v) is 2.56. The van der Waals surface area contributed by atoms with Gasteiger partial charge < -0.3 is 0 Å². The van der Waals surface area contributed by atoms with E-state index in [2.05, 4.69) is 9.97 Å². The predicted octanol–water partition coefficient (Wildman–Crippen LogP) is 1.11. The smallest absolute Gasteiger partial charge is 0.270 e. The molecule has 2 aromatic rings. The molecule has 0 fully saturated rings. The van der Waals surface area contributed by atoms with Crippen LogP contribution in [0.3, 0.4) is 0 Å². The van der Waals surface area contributed by atoms with Gasteiger partial charge in [0, 0.05) is 12.4 Å². The zero-order chi connectivity index (χ0) is 8.55. The third kappa shape index (κ3) is 0.967. The summed E-state index contributed by atoms with van der Waals surface area (Å²) in [4.78, 5) is 18.6. The van der Waals surface area contributed by atoms with Crippen molar-refractivity contribution in [3.8, 4) is 0 Å². The molecule has 0 spiro atoms. The number of hydrogen-bond donors (Lipinski definition) is 0. The van der Waals surface area contributed by atoms with Crippen molar-refractivity contribution in [3.63, 3.8) is 0 Å². The maximum Gasteiger partial charge on any atom is 0.270 e. The fourth-order valence-electron chi connectivity index (χ4n) is 0.988. The van der Waals surface area contributed by atoms with Crippen molar-refractivity contribution in [1.82, 2.24) is 14.4 Å². The van der Waals surface area contributed by atoms with E-state index in [0.29, 0.717) is 11.3 Å². The Morgan fingerprint density at radius 2 is 2.33 bits per heavy atom. The third-order valence-electron chi connectivity index (χ3n) is 1.52. The molecule has 5 heteroatoms. The minimum absolute atomic E-state index is 0.356. The molecular weight excluding hydrogens is 178 g/mol. The lowest BCUT2D eigenvalue weighted by Crippen LogP contribution is -1.95. The van der Waals surface area contributed by atoms with Gasteiger partial charge in [-0.3, -0.25) is 14.2 Å². The molecule has 0 amide bonds. The van der Waals surface area contributed by atoms with Crippen molar-refractivity contribution in [2.45, 2.75) is 0 Å². The zero-order valence-electron chi connectivity index (χ0n) is 5.94. The van der Waals surface area contributed by atoms with E-state index in [-0.39, 0.29) is 0 Å². The van der Waals surface area contributed by atoms with Crippen LogP contribution in [0.25, 0.3) is 5.65 Å². The standard InChI is InChI=1S/C7H4ClN3O/c8-7(12)5-3-10-6-4-9-1-2-11(5)6/h1-4H. The monoisotopic (exact) mass is 181 g/mol. The van der Waals surface area contributed by atoms with Gasteiger partial charge in [-0.1, -0.05) is 0 Å². The van der Waals surface area contributed by atoms with E-state index in [4.69, 9.17) is 11.6 Å². The number of hydrogen-bond acceptors (Lipinski definition) is 3. The van der Waals surface area contributed by atoms with E-state index in [9.17, 15) is 4.79 Å². The fraction of sp³-hybridized carbons (Fsp3) is 0. The maximum atomic E-state index is 10.8. The number of carbonyl (C=O) groups excluding carboxylic acids is 1. The molecule has 0 aliphatic rings. The Morgan fingerprint density at radius 3 is 3.08 bits per heavy atom. The molecule has 0 aliphatic heterocycles. The summed E-state index contributed by atoms with van der Waals surface area (Å²) in [7, 11) is 0. The molecule has 0 radical (unpaired) electrons. The van der Waals surface area contributed by atoms with Crippen LogP contribution < -0.4 is 0 Å². The number of nitrogens with zero attached hydrogens (tertiary/aromatic N) is 3. The Kier molecular flexibility index (Phi) is 1.55. The summed E-state index contributed by atoms with van der Waals surface area (Å²) in [5.74, 6) is 0. The van der Waals surface area contributed by atoms with Gasteiger partial charge in [0.2, 0.25) is 0 Å². The summed E-state index contributed by atoms with van der Waals surface area (Å²) >= 11 is 5.30. The van der Waals surface area contributed by atoms with Crippen molar-refractivity contribution in [3.05, 3.63) is 30.5 Å².